The summed E-state index contributed by atoms with van der Waals surface area (Å²) >= 11 is 0. The highest BCUT2D eigenvalue weighted by molar-refractivity contribution is 5.33. The maximum Gasteiger partial charge on any atom is 0.119 e. The lowest BCUT2D eigenvalue weighted by Gasteiger charge is -2.19. The lowest BCUT2D eigenvalue weighted by molar-refractivity contribution is 0.202. The minimum Gasteiger partial charge on any atom is -0.494 e. The van der Waals surface area contributed by atoms with Crippen LogP contribution >= 0.6 is 0 Å². The average Bonchev–Trinajstić information content (AvgIpc) is 2.32. The van der Waals surface area contributed by atoms with E-state index in [1.807, 2.05) is 6.07 Å². The Morgan fingerprint density at radius 3 is 2.50 bits per heavy atom. The Morgan fingerprint density at radius 2 is 1.94 bits per heavy atom. The van der Waals surface area contributed by atoms with Crippen molar-refractivity contribution >= 4 is 0 Å². The quantitative estimate of drug-likeness (QED) is 0.782. The molecule has 0 saturated heterocycles. The Hall–Kier alpha value is -1.06. The van der Waals surface area contributed by atoms with Gasteiger partial charge in [-0.1, -0.05) is 19.9 Å². The summed E-state index contributed by atoms with van der Waals surface area (Å²) in [5, 5.41) is 12.5. The summed E-state index contributed by atoms with van der Waals surface area (Å²) in [6, 6.07) is 6.60. The first-order chi connectivity index (χ1) is 8.52. The standard InChI is InChI=1S/C15H25NO2/c1-11(2)16-14(10-17)7-8-18-15-6-5-12(3)13(4)9-15/h5-6,9,11,14,16-17H,7-8,10H2,1-4H3. The number of aliphatic hydroxyl groups excluding tert-OH is 1. The van der Waals surface area contributed by atoms with Gasteiger partial charge in [-0.15, -0.1) is 0 Å². The van der Waals surface area contributed by atoms with Crippen molar-refractivity contribution in [2.75, 3.05) is 13.2 Å². The summed E-state index contributed by atoms with van der Waals surface area (Å²) in [5.74, 6) is 0.902. The van der Waals surface area contributed by atoms with Crippen LogP contribution in [-0.2, 0) is 0 Å². The molecule has 0 amide bonds. The molecule has 0 aliphatic carbocycles. The van der Waals surface area contributed by atoms with Crippen LogP contribution in [0, 0.1) is 13.8 Å². The predicted octanol–water partition coefficient (Wildman–Crippen LogP) is 2.43. The lowest BCUT2D eigenvalue weighted by Crippen LogP contribution is -2.38. The SMILES string of the molecule is Cc1ccc(OCCC(CO)NC(C)C)cc1C. The van der Waals surface area contributed by atoms with Crippen LogP contribution in [0.5, 0.6) is 5.75 Å². The fourth-order valence-electron chi connectivity index (χ4n) is 1.82. The van der Waals surface area contributed by atoms with Gasteiger partial charge in [0.05, 0.1) is 13.2 Å². The van der Waals surface area contributed by atoms with Gasteiger partial charge in [0.25, 0.3) is 0 Å². The van der Waals surface area contributed by atoms with Crippen molar-refractivity contribution in [1.29, 1.82) is 0 Å². The molecule has 1 aromatic carbocycles. The number of aryl methyl sites for hydroxylation is 2. The molecule has 1 unspecified atom stereocenters. The van der Waals surface area contributed by atoms with Crippen molar-refractivity contribution in [1.82, 2.24) is 5.32 Å². The minimum atomic E-state index is 0.108. The molecule has 1 rings (SSSR count). The van der Waals surface area contributed by atoms with Crippen LogP contribution in [-0.4, -0.2) is 30.4 Å². The Labute approximate surface area is 110 Å². The topological polar surface area (TPSA) is 41.5 Å². The summed E-state index contributed by atoms with van der Waals surface area (Å²) in [6.07, 6.45) is 0.807. The molecule has 0 radical (unpaired) electrons. The van der Waals surface area contributed by atoms with E-state index in [0.717, 1.165) is 12.2 Å². The number of ether oxygens (including phenoxy) is 1. The van der Waals surface area contributed by atoms with Crippen LogP contribution in [0.15, 0.2) is 18.2 Å². The fourth-order valence-corrected chi connectivity index (χ4v) is 1.82. The van der Waals surface area contributed by atoms with E-state index < -0.39 is 0 Å². The van der Waals surface area contributed by atoms with Gasteiger partial charge in [-0.05, 0) is 43.5 Å². The molecular weight excluding hydrogens is 226 g/mol. The summed E-state index contributed by atoms with van der Waals surface area (Å²) in [6.45, 7) is 9.09. The first-order valence-corrected chi connectivity index (χ1v) is 6.60. The summed E-state index contributed by atoms with van der Waals surface area (Å²) < 4.78 is 5.70. The largest absolute Gasteiger partial charge is 0.494 e. The molecule has 0 aliphatic rings. The zero-order chi connectivity index (χ0) is 13.5. The Bertz CT molecular complexity index is 364. The highest BCUT2D eigenvalue weighted by Gasteiger charge is 2.08. The third-order valence-electron chi connectivity index (χ3n) is 3.00. The van der Waals surface area contributed by atoms with Gasteiger partial charge in [0.2, 0.25) is 0 Å². The van der Waals surface area contributed by atoms with E-state index in [1.54, 1.807) is 0 Å². The second-order valence-corrected chi connectivity index (χ2v) is 5.08. The van der Waals surface area contributed by atoms with E-state index in [4.69, 9.17) is 4.74 Å². The molecule has 3 heteroatoms. The molecular formula is C15H25NO2. The number of hydrogen-bond donors (Lipinski definition) is 2. The molecule has 18 heavy (non-hydrogen) atoms. The zero-order valence-electron chi connectivity index (χ0n) is 11.9. The maximum atomic E-state index is 9.23. The van der Waals surface area contributed by atoms with Crippen LogP contribution in [0.3, 0.4) is 0 Å². The lowest BCUT2D eigenvalue weighted by atomic mass is 10.1. The van der Waals surface area contributed by atoms with Crippen molar-refractivity contribution < 1.29 is 9.84 Å². The van der Waals surface area contributed by atoms with Crippen molar-refractivity contribution in [3.05, 3.63) is 29.3 Å². The molecule has 0 fully saturated rings. The van der Waals surface area contributed by atoms with Crippen molar-refractivity contribution in [3.8, 4) is 5.75 Å². The minimum absolute atomic E-state index is 0.108. The second-order valence-electron chi connectivity index (χ2n) is 5.08. The molecule has 102 valence electrons. The maximum absolute atomic E-state index is 9.23. The second kappa shape index (κ2) is 7.39. The van der Waals surface area contributed by atoms with E-state index >= 15 is 0 Å². The van der Waals surface area contributed by atoms with Gasteiger partial charge < -0.3 is 15.2 Å². The molecule has 1 atom stereocenters. The summed E-state index contributed by atoms with van der Waals surface area (Å²) in [5.41, 5.74) is 2.52. The van der Waals surface area contributed by atoms with Gasteiger partial charge in [-0.3, -0.25) is 0 Å². The summed E-state index contributed by atoms with van der Waals surface area (Å²) in [4.78, 5) is 0. The van der Waals surface area contributed by atoms with Crippen LogP contribution < -0.4 is 10.1 Å². The predicted molar refractivity (Wildman–Crippen MR) is 75.2 cm³/mol. The molecule has 3 nitrogen and oxygen atoms in total. The third-order valence-corrected chi connectivity index (χ3v) is 3.00. The number of benzene rings is 1. The first-order valence-electron chi connectivity index (χ1n) is 6.60. The molecule has 0 saturated carbocycles. The van der Waals surface area contributed by atoms with E-state index in [1.165, 1.54) is 11.1 Å². The third kappa shape index (κ3) is 5.07. The van der Waals surface area contributed by atoms with Crippen LogP contribution in [0.4, 0.5) is 0 Å². The fraction of sp³-hybridized carbons (Fsp3) is 0.600. The Morgan fingerprint density at radius 1 is 1.22 bits per heavy atom. The van der Waals surface area contributed by atoms with Crippen LogP contribution in [0.1, 0.15) is 31.4 Å². The van der Waals surface area contributed by atoms with E-state index in [9.17, 15) is 5.11 Å². The van der Waals surface area contributed by atoms with Gasteiger partial charge in [0, 0.05) is 12.1 Å². The zero-order valence-corrected chi connectivity index (χ0v) is 11.9. The Kier molecular flexibility index (Phi) is 6.16. The number of aliphatic hydroxyl groups is 1. The molecule has 1 aromatic rings. The molecule has 0 aromatic heterocycles. The van der Waals surface area contributed by atoms with Crippen molar-refractivity contribution in [3.63, 3.8) is 0 Å². The van der Waals surface area contributed by atoms with Crippen LogP contribution in [0.2, 0.25) is 0 Å². The molecule has 2 N–H and O–H groups in total. The average molecular weight is 251 g/mol. The highest BCUT2D eigenvalue weighted by atomic mass is 16.5. The van der Waals surface area contributed by atoms with Crippen LogP contribution in [0.25, 0.3) is 0 Å². The Balaban J connectivity index is 2.38. The highest BCUT2D eigenvalue weighted by Crippen LogP contribution is 2.16. The number of rotatable bonds is 7. The van der Waals surface area contributed by atoms with Gasteiger partial charge >= 0.3 is 0 Å². The van der Waals surface area contributed by atoms with Gasteiger partial charge in [-0.25, -0.2) is 0 Å². The van der Waals surface area contributed by atoms with Gasteiger partial charge in [0.15, 0.2) is 0 Å². The molecule has 0 spiro atoms. The van der Waals surface area contributed by atoms with E-state index in [-0.39, 0.29) is 12.6 Å². The summed E-state index contributed by atoms with van der Waals surface area (Å²) in [7, 11) is 0. The van der Waals surface area contributed by atoms with Crippen molar-refractivity contribution in [2.24, 2.45) is 0 Å². The van der Waals surface area contributed by atoms with E-state index in [2.05, 4.69) is 45.1 Å². The van der Waals surface area contributed by atoms with Gasteiger partial charge in [0.1, 0.15) is 5.75 Å². The van der Waals surface area contributed by atoms with Gasteiger partial charge in [-0.2, -0.15) is 0 Å². The normalized spacial score (nSPS) is 12.8. The molecule has 0 aliphatic heterocycles. The van der Waals surface area contributed by atoms with Crippen molar-refractivity contribution in [2.45, 2.75) is 46.2 Å². The molecule has 0 bridgehead atoms. The number of nitrogens with one attached hydrogen (secondary N) is 1. The number of hydrogen-bond acceptors (Lipinski definition) is 3. The smallest absolute Gasteiger partial charge is 0.119 e. The monoisotopic (exact) mass is 251 g/mol. The van der Waals surface area contributed by atoms with E-state index in [0.29, 0.717) is 12.6 Å². The molecule has 0 heterocycles. The first kappa shape index (κ1) is 15.0.